The summed E-state index contributed by atoms with van der Waals surface area (Å²) < 4.78 is 5.38. The second-order valence-corrected chi connectivity index (χ2v) is 5.51. The molecular weight excluding hydrogens is 222 g/mol. The molecule has 1 rings (SSSR count). The first kappa shape index (κ1) is 15.0. The van der Waals surface area contributed by atoms with Crippen molar-refractivity contribution in [3.63, 3.8) is 0 Å². The molecule has 18 heavy (non-hydrogen) atoms. The molecule has 0 radical (unpaired) electrons. The van der Waals surface area contributed by atoms with Crippen molar-refractivity contribution in [2.24, 2.45) is 11.7 Å². The van der Waals surface area contributed by atoms with Crippen LogP contribution >= 0.6 is 0 Å². The zero-order chi connectivity index (χ0) is 13.7. The van der Waals surface area contributed by atoms with Crippen LogP contribution in [0.2, 0.25) is 0 Å². The van der Waals surface area contributed by atoms with Crippen molar-refractivity contribution in [1.29, 1.82) is 0 Å². The highest BCUT2D eigenvalue weighted by atomic mass is 16.5. The van der Waals surface area contributed by atoms with E-state index >= 15 is 0 Å². The second-order valence-electron chi connectivity index (χ2n) is 5.51. The van der Waals surface area contributed by atoms with Crippen molar-refractivity contribution >= 4 is 0 Å². The van der Waals surface area contributed by atoms with Gasteiger partial charge in [0.05, 0.1) is 7.11 Å². The topological polar surface area (TPSA) is 35.2 Å². The highest BCUT2D eigenvalue weighted by molar-refractivity contribution is 5.45. The van der Waals surface area contributed by atoms with Gasteiger partial charge in [-0.05, 0) is 67.8 Å². The predicted octanol–water partition coefficient (Wildman–Crippen LogP) is 3.79. The van der Waals surface area contributed by atoms with Crippen LogP contribution < -0.4 is 10.5 Å². The summed E-state index contributed by atoms with van der Waals surface area (Å²) in [6, 6.07) is 4.30. The molecule has 0 aliphatic rings. The third kappa shape index (κ3) is 3.49. The summed E-state index contributed by atoms with van der Waals surface area (Å²) in [5.41, 5.74) is 9.81. The lowest BCUT2D eigenvalue weighted by atomic mass is 9.84. The van der Waals surface area contributed by atoms with Crippen LogP contribution in [0.4, 0.5) is 0 Å². The molecule has 102 valence electrons. The molecule has 0 heterocycles. The normalized spacial score (nSPS) is 12.8. The van der Waals surface area contributed by atoms with E-state index in [1.807, 2.05) is 0 Å². The zero-order valence-corrected chi connectivity index (χ0v) is 12.4. The molecule has 0 spiro atoms. The smallest absolute Gasteiger partial charge is 0.122 e. The summed E-state index contributed by atoms with van der Waals surface area (Å²) in [4.78, 5) is 0. The van der Waals surface area contributed by atoms with E-state index in [1.165, 1.54) is 23.1 Å². The summed E-state index contributed by atoms with van der Waals surface area (Å²) in [7, 11) is 1.73. The van der Waals surface area contributed by atoms with Gasteiger partial charge in [0.2, 0.25) is 0 Å². The minimum absolute atomic E-state index is 0.569. The van der Waals surface area contributed by atoms with Crippen LogP contribution in [0.5, 0.6) is 5.75 Å². The fraction of sp³-hybridized carbons (Fsp3) is 0.625. The molecule has 1 atom stereocenters. The monoisotopic (exact) mass is 249 g/mol. The van der Waals surface area contributed by atoms with Gasteiger partial charge in [-0.1, -0.05) is 19.9 Å². The number of benzene rings is 1. The van der Waals surface area contributed by atoms with E-state index in [2.05, 4.69) is 39.8 Å². The molecule has 1 aromatic carbocycles. The molecule has 1 unspecified atom stereocenters. The van der Waals surface area contributed by atoms with E-state index in [-0.39, 0.29) is 0 Å². The molecular formula is C16H27NO. The maximum Gasteiger partial charge on any atom is 0.122 e. The largest absolute Gasteiger partial charge is 0.496 e. The molecule has 0 saturated carbocycles. The lowest BCUT2D eigenvalue weighted by Gasteiger charge is -2.22. The fourth-order valence-corrected chi connectivity index (χ4v) is 2.65. The quantitative estimate of drug-likeness (QED) is 0.832. The van der Waals surface area contributed by atoms with Crippen molar-refractivity contribution in [3.05, 3.63) is 28.8 Å². The highest BCUT2D eigenvalue weighted by Gasteiger charge is 2.17. The van der Waals surface area contributed by atoms with E-state index < -0.39 is 0 Å². The molecule has 0 saturated heterocycles. The van der Waals surface area contributed by atoms with E-state index in [1.54, 1.807) is 7.11 Å². The molecule has 0 bridgehead atoms. The van der Waals surface area contributed by atoms with Gasteiger partial charge in [-0.3, -0.25) is 0 Å². The van der Waals surface area contributed by atoms with Crippen molar-refractivity contribution in [3.8, 4) is 5.75 Å². The summed E-state index contributed by atoms with van der Waals surface area (Å²) in [6.45, 7) is 9.62. The average Bonchev–Trinajstić information content (AvgIpc) is 2.31. The number of hydrogen-bond donors (Lipinski definition) is 1. The van der Waals surface area contributed by atoms with Crippen LogP contribution in [0.25, 0.3) is 0 Å². The Balaban J connectivity index is 3.08. The predicted molar refractivity (Wildman–Crippen MR) is 78.3 cm³/mol. The first-order chi connectivity index (χ1) is 8.51. The Morgan fingerprint density at radius 2 is 1.83 bits per heavy atom. The van der Waals surface area contributed by atoms with Crippen molar-refractivity contribution in [2.45, 2.75) is 46.5 Å². The van der Waals surface area contributed by atoms with E-state index in [4.69, 9.17) is 10.5 Å². The molecule has 2 nitrogen and oxygen atoms in total. The van der Waals surface area contributed by atoms with Gasteiger partial charge in [-0.2, -0.15) is 0 Å². The Hall–Kier alpha value is -1.02. The molecule has 0 aliphatic heterocycles. The molecule has 0 aromatic heterocycles. The molecule has 0 aliphatic carbocycles. The van der Waals surface area contributed by atoms with E-state index in [0.717, 1.165) is 18.7 Å². The van der Waals surface area contributed by atoms with Gasteiger partial charge < -0.3 is 10.5 Å². The van der Waals surface area contributed by atoms with Gasteiger partial charge in [0, 0.05) is 0 Å². The Bertz CT molecular complexity index is 385. The fourth-order valence-electron chi connectivity index (χ4n) is 2.65. The van der Waals surface area contributed by atoms with Gasteiger partial charge in [-0.15, -0.1) is 0 Å². The van der Waals surface area contributed by atoms with Crippen LogP contribution in [0.3, 0.4) is 0 Å². The second kappa shape index (κ2) is 6.79. The summed E-state index contributed by atoms with van der Waals surface area (Å²) in [6.07, 6.45) is 2.26. The van der Waals surface area contributed by atoms with Crippen LogP contribution in [0.15, 0.2) is 12.1 Å². The molecule has 2 N–H and O–H groups in total. The summed E-state index contributed by atoms with van der Waals surface area (Å²) in [5.74, 6) is 2.25. The number of hydrogen-bond acceptors (Lipinski definition) is 2. The van der Waals surface area contributed by atoms with Crippen molar-refractivity contribution in [1.82, 2.24) is 0 Å². The Morgan fingerprint density at radius 1 is 1.17 bits per heavy atom. The van der Waals surface area contributed by atoms with Crippen LogP contribution in [0, 0.1) is 19.8 Å². The van der Waals surface area contributed by atoms with Crippen molar-refractivity contribution in [2.75, 3.05) is 13.7 Å². The minimum atomic E-state index is 0.569. The van der Waals surface area contributed by atoms with Gasteiger partial charge >= 0.3 is 0 Å². The highest BCUT2D eigenvalue weighted by Crippen LogP contribution is 2.33. The lowest BCUT2D eigenvalue weighted by molar-refractivity contribution is 0.410. The third-order valence-corrected chi connectivity index (χ3v) is 3.71. The van der Waals surface area contributed by atoms with E-state index in [0.29, 0.717) is 11.8 Å². The summed E-state index contributed by atoms with van der Waals surface area (Å²) in [5, 5.41) is 0. The van der Waals surface area contributed by atoms with Gasteiger partial charge in [-0.25, -0.2) is 0 Å². The molecule has 1 aromatic rings. The Labute approximate surface area is 112 Å². The van der Waals surface area contributed by atoms with Gasteiger partial charge in [0.25, 0.3) is 0 Å². The standard InChI is InChI=1S/C16H27NO/c1-11(2)10-14(8-9-17)15-6-7-16(18-5)13(4)12(15)3/h6-7,11,14H,8-10,17H2,1-5H3. The Kier molecular flexibility index (Phi) is 5.67. The lowest BCUT2D eigenvalue weighted by Crippen LogP contribution is -2.11. The summed E-state index contributed by atoms with van der Waals surface area (Å²) >= 11 is 0. The van der Waals surface area contributed by atoms with Gasteiger partial charge in [0.15, 0.2) is 0 Å². The number of ether oxygens (including phenoxy) is 1. The maximum absolute atomic E-state index is 5.76. The number of rotatable bonds is 6. The number of methoxy groups -OCH3 is 1. The van der Waals surface area contributed by atoms with Crippen LogP contribution in [-0.4, -0.2) is 13.7 Å². The SMILES string of the molecule is COc1ccc(C(CCN)CC(C)C)c(C)c1C. The first-order valence-electron chi connectivity index (χ1n) is 6.85. The van der Waals surface area contributed by atoms with Crippen LogP contribution in [0.1, 0.15) is 49.3 Å². The van der Waals surface area contributed by atoms with E-state index in [9.17, 15) is 0 Å². The molecule has 2 heteroatoms. The third-order valence-electron chi connectivity index (χ3n) is 3.71. The number of nitrogens with two attached hydrogens (primary N) is 1. The minimum Gasteiger partial charge on any atom is -0.496 e. The average molecular weight is 249 g/mol. The Morgan fingerprint density at radius 3 is 2.33 bits per heavy atom. The van der Waals surface area contributed by atoms with Crippen molar-refractivity contribution < 1.29 is 4.74 Å². The molecule has 0 fully saturated rings. The van der Waals surface area contributed by atoms with Crippen LogP contribution in [-0.2, 0) is 0 Å². The maximum atomic E-state index is 5.76. The zero-order valence-electron chi connectivity index (χ0n) is 12.4. The molecule has 0 amide bonds. The van der Waals surface area contributed by atoms with Gasteiger partial charge in [0.1, 0.15) is 5.75 Å². The first-order valence-corrected chi connectivity index (χ1v) is 6.85.